The number of aromatic nitrogens is 3. The Hall–Kier alpha value is -1.91. The van der Waals surface area contributed by atoms with Crippen LogP contribution in [0, 0.1) is 5.41 Å². The molecule has 1 aliphatic carbocycles. The number of carbonyl (C=O) groups excluding carboxylic acids is 1. The van der Waals surface area contributed by atoms with Gasteiger partial charge < -0.3 is 4.90 Å². The molecule has 29 heavy (non-hydrogen) atoms. The number of likely N-dealkylation sites (tertiary alicyclic amines) is 1. The molecule has 1 saturated carbocycles. The van der Waals surface area contributed by atoms with E-state index in [0.29, 0.717) is 17.0 Å². The van der Waals surface area contributed by atoms with Crippen LogP contribution in [0.25, 0.3) is 5.65 Å². The summed E-state index contributed by atoms with van der Waals surface area (Å²) in [5.74, 6) is 0.396. The highest BCUT2D eigenvalue weighted by atomic mass is 16.2. The van der Waals surface area contributed by atoms with Gasteiger partial charge in [0.1, 0.15) is 0 Å². The van der Waals surface area contributed by atoms with Crippen molar-refractivity contribution in [2.75, 3.05) is 13.1 Å². The van der Waals surface area contributed by atoms with Gasteiger partial charge in [0.05, 0.1) is 0 Å². The van der Waals surface area contributed by atoms with Crippen LogP contribution in [0.3, 0.4) is 0 Å². The normalized spacial score (nSPS) is 20.2. The molecule has 0 bridgehead atoms. The summed E-state index contributed by atoms with van der Waals surface area (Å²) in [6.07, 6.45) is 12.2. The maximum Gasteiger partial charge on any atom is 0.274 e. The molecule has 0 spiro atoms. The van der Waals surface area contributed by atoms with Crippen molar-refractivity contribution >= 4 is 11.6 Å². The zero-order valence-corrected chi connectivity index (χ0v) is 18.4. The lowest BCUT2D eigenvalue weighted by Crippen LogP contribution is -2.32. The number of hydrogen-bond acceptors (Lipinski definition) is 3. The molecule has 1 aliphatic heterocycles. The summed E-state index contributed by atoms with van der Waals surface area (Å²) in [6.45, 7) is 8.50. The maximum atomic E-state index is 13.1. The largest absolute Gasteiger partial charge is 0.337 e. The van der Waals surface area contributed by atoms with Crippen molar-refractivity contribution in [3.05, 3.63) is 29.2 Å². The predicted molar refractivity (Wildman–Crippen MR) is 116 cm³/mol. The molecule has 158 valence electrons. The lowest BCUT2D eigenvalue weighted by molar-refractivity contribution is 0.0755. The topological polar surface area (TPSA) is 50.5 Å². The highest BCUT2D eigenvalue weighted by Gasteiger charge is 2.28. The minimum Gasteiger partial charge on any atom is -0.337 e. The van der Waals surface area contributed by atoms with E-state index in [2.05, 4.69) is 26.8 Å². The zero-order valence-electron chi connectivity index (χ0n) is 18.4. The molecule has 2 aliphatic rings. The van der Waals surface area contributed by atoms with Crippen molar-refractivity contribution in [1.29, 1.82) is 0 Å². The van der Waals surface area contributed by atoms with Crippen molar-refractivity contribution in [2.24, 2.45) is 5.41 Å². The average molecular weight is 397 g/mol. The number of nitrogens with zero attached hydrogens (tertiary/aromatic N) is 4. The van der Waals surface area contributed by atoms with Gasteiger partial charge in [-0.2, -0.15) is 5.10 Å². The van der Waals surface area contributed by atoms with E-state index in [9.17, 15) is 4.79 Å². The molecule has 0 radical (unpaired) electrons. The second-order valence-corrected chi connectivity index (χ2v) is 9.88. The van der Waals surface area contributed by atoms with E-state index in [1.165, 1.54) is 44.9 Å². The van der Waals surface area contributed by atoms with Gasteiger partial charge >= 0.3 is 0 Å². The highest BCUT2D eigenvalue weighted by Crippen LogP contribution is 2.38. The third kappa shape index (κ3) is 4.49. The van der Waals surface area contributed by atoms with Crippen LogP contribution >= 0.6 is 0 Å². The molecule has 1 amide bonds. The standard InChI is InChI=1S/C24H36N4O/c1-18(2)21-15-19(17-24(3)11-7-6-8-12-24)25-22-16-20(26-28(21)22)23(29)27-13-9-4-5-10-14-27/h15-16,18H,4-14,17H2,1-3H3. The molecular weight excluding hydrogens is 360 g/mol. The third-order valence-electron chi connectivity index (χ3n) is 6.88. The Kier molecular flexibility index (Phi) is 5.93. The molecule has 0 atom stereocenters. The second-order valence-electron chi connectivity index (χ2n) is 9.88. The molecule has 0 N–H and O–H groups in total. The molecule has 0 unspecified atom stereocenters. The molecule has 1 saturated heterocycles. The van der Waals surface area contributed by atoms with Gasteiger partial charge in [0.15, 0.2) is 11.3 Å². The number of hydrogen-bond donors (Lipinski definition) is 0. The lowest BCUT2D eigenvalue weighted by Gasteiger charge is -2.33. The minimum absolute atomic E-state index is 0.0629. The summed E-state index contributed by atoms with van der Waals surface area (Å²) in [4.78, 5) is 20.0. The molecule has 2 fully saturated rings. The van der Waals surface area contributed by atoms with Gasteiger partial charge in [-0.3, -0.25) is 4.79 Å². The summed E-state index contributed by atoms with van der Waals surface area (Å²) in [5, 5.41) is 4.71. The Bertz CT molecular complexity index is 855. The Morgan fingerprint density at radius 1 is 1.03 bits per heavy atom. The highest BCUT2D eigenvalue weighted by molar-refractivity contribution is 5.93. The Labute approximate surface area is 174 Å². The van der Waals surface area contributed by atoms with E-state index in [1.54, 1.807) is 0 Å². The first-order valence-electron chi connectivity index (χ1n) is 11.6. The Balaban J connectivity index is 1.65. The molecule has 3 heterocycles. The molecule has 0 aromatic carbocycles. The van der Waals surface area contributed by atoms with E-state index < -0.39 is 0 Å². The Morgan fingerprint density at radius 2 is 1.69 bits per heavy atom. The Morgan fingerprint density at radius 3 is 2.34 bits per heavy atom. The van der Waals surface area contributed by atoms with E-state index >= 15 is 0 Å². The van der Waals surface area contributed by atoms with Crippen LogP contribution in [0.5, 0.6) is 0 Å². The van der Waals surface area contributed by atoms with Gasteiger partial charge in [-0.05, 0) is 49.5 Å². The summed E-state index contributed by atoms with van der Waals surface area (Å²) in [6, 6.07) is 4.14. The van der Waals surface area contributed by atoms with Gasteiger partial charge in [0.25, 0.3) is 5.91 Å². The number of rotatable bonds is 4. The first-order chi connectivity index (χ1) is 14.0. The fourth-order valence-electron chi connectivity index (χ4n) is 5.11. The number of amides is 1. The maximum absolute atomic E-state index is 13.1. The minimum atomic E-state index is 0.0629. The van der Waals surface area contributed by atoms with Crippen LogP contribution in [0.1, 0.15) is 106 Å². The molecule has 2 aromatic rings. The molecule has 5 heteroatoms. The molecule has 2 aromatic heterocycles. The van der Waals surface area contributed by atoms with Crippen LogP contribution in [0.15, 0.2) is 12.1 Å². The average Bonchev–Trinajstić information content (AvgIpc) is 2.93. The van der Waals surface area contributed by atoms with Crippen LogP contribution in [0.2, 0.25) is 0 Å². The SMILES string of the molecule is CC(C)c1cc(CC2(C)CCCCC2)nc2cc(C(=O)N3CCCCCC3)nn12. The quantitative estimate of drug-likeness (QED) is 0.697. The van der Waals surface area contributed by atoms with Crippen LogP contribution in [-0.2, 0) is 6.42 Å². The fraction of sp³-hybridized carbons (Fsp3) is 0.708. The van der Waals surface area contributed by atoms with Gasteiger partial charge in [0.2, 0.25) is 0 Å². The van der Waals surface area contributed by atoms with E-state index in [4.69, 9.17) is 10.1 Å². The number of fused-ring (bicyclic) bond motifs is 1. The summed E-state index contributed by atoms with van der Waals surface area (Å²) in [7, 11) is 0. The van der Waals surface area contributed by atoms with Crippen molar-refractivity contribution in [3.63, 3.8) is 0 Å². The lowest BCUT2D eigenvalue weighted by atomic mass is 9.73. The van der Waals surface area contributed by atoms with Crippen molar-refractivity contribution in [3.8, 4) is 0 Å². The molecular formula is C24H36N4O. The van der Waals surface area contributed by atoms with Crippen LogP contribution in [0.4, 0.5) is 0 Å². The third-order valence-corrected chi connectivity index (χ3v) is 6.88. The summed E-state index contributed by atoms with van der Waals surface area (Å²) < 4.78 is 1.91. The van der Waals surface area contributed by atoms with Gasteiger partial charge in [-0.15, -0.1) is 0 Å². The smallest absolute Gasteiger partial charge is 0.274 e. The van der Waals surface area contributed by atoms with Gasteiger partial charge in [0, 0.05) is 30.5 Å². The van der Waals surface area contributed by atoms with E-state index in [-0.39, 0.29) is 5.91 Å². The zero-order chi connectivity index (χ0) is 20.4. The first-order valence-corrected chi connectivity index (χ1v) is 11.6. The van der Waals surface area contributed by atoms with Crippen molar-refractivity contribution < 1.29 is 4.79 Å². The van der Waals surface area contributed by atoms with Crippen molar-refractivity contribution in [1.82, 2.24) is 19.5 Å². The van der Waals surface area contributed by atoms with Crippen LogP contribution in [-0.4, -0.2) is 38.5 Å². The molecule has 4 rings (SSSR count). The monoisotopic (exact) mass is 396 g/mol. The van der Waals surface area contributed by atoms with Gasteiger partial charge in [-0.25, -0.2) is 9.50 Å². The molecule has 5 nitrogen and oxygen atoms in total. The predicted octanol–water partition coefficient (Wildman–Crippen LogP) is 5.38. The summed E-state index contributed by atoms with van der Waals surface area (Å²) in [5.41, 5.74) is 4.02. The van der Waals surface area contributed by atoms with E-state index in [0.717, 1.165) is 49.4 Å². The summed E-state index contributed by atoms with van der Waals surface area (Å²) >= 11 is 0. The van der Waals surface area contributed by atoms with Crippen LogP contribution < -0.4 is 0 Å². The van der Waals surface area contributed by atoms with Gasteiger partial charge in [-0.1, -0.05) is 52.9 Å². The first kappa shape index (κ1) is 20.4. The van der Waals surface area contributed by atoms with Crippen molar-refractivity contribution in [2.45, 2.75) is 90.9 Å². The second kappa shape index (κ2) is 8.45. The van der Waals surface area contributed by atoms with E-state index in [1.807, 2.05) is 15.5 Å². The fourth-order valence-corrected chi connectivity index (χ4v) is 5.11. The number of carbonyl (C=O) groups is 1.